The molecule has 1 atom stereocenters. The van der Waals surface area contributed by atoms with E-state index < -0.39 is 29.7 Å². The molecule has 0 spiro atoms. The maximum Gasteiger partial charge on any atom is 0.269 e. The monoisotopic (exact) mass is 469 g/mol. The summed E-state index contributed by atoms with van der Waals surface area (Å²) < 4.78 is 0. The number of anilines is 1. The van der Waals surface area contributed by atoms with E-state index in [4.69, 9.17) is 0 Å². The molecule has 1 unspecified atom stereocenters. The van der Waals surface area contributed by atoms with Gasteiger partial charge in [0.05, 0.1) is 18.5 Å². The molecule has 7 nitrogen and oxygen atoms in total. The van der Waals surface area contributed by atoms with Gasteiger partial charge in [0.25, 0.3) is 11.8 Å². The summed E-state index contributed by atoms with van der Waals surface area (Å²) in [7, 11) is 0. The van der Waals surface area contributed by atoms with Crippen molar-refractivity contribution in [2.75, 3.05) is 4.90 Å². The van der Waals surface area contributed by atoms with Crippen molar-refractivity contribution in [3.05, 3.63) is 101 Å². The van der Waals surface area contributed by atoms with Crippen LogP contribution in [0.25, 0.3) is 0 Å². The van der Waals surface area contributed by atoms with Crippen LogP contribution in [-0.2, 0) is 20.8 Å². The summed E-state index contributed by atoms with van der Waals surface area (Å²) in [5.41, 5.74) is 6.95. The fraction of sp³-hybridized carbons (Fsp3) is 0.214. The van der Waals surface area contributed by atoms with Crippen LogP contribution < -0.4 is 10.3 Å². The molecule has 1 aliphatic rings. The molecular formula is C28H27N3O4. The molecule has 0 aromatic heterocycles. The Morgan fingerprint density at radius 2 is 1.51 bits per heavy atom. The Morgan fingerprint density at radius 3 is 2.14 bits per heavy atom. The minimum absolute atomic E-state index is 0.0312. The van der Waals surface area contributed by atoms with Crippen molar-refractivity contribution in [2.24, 2.45) is 0 Å². The fourth-order valence-electron chi connectivity index (χ4n) is 4.22. The highest BCUT2D eigenvalue weighted by molar-refractivity contribution is 6.23. The summed E-state index contributed by atoms with van der Waals surface area (Å²) in [5.74, 6) is -1.99. The van der Waals surface area contributed by atoms with Gasteiger partial charge in [0, 0.05) is 5.56 Å². The summed E-state index contributed by atoms with van der Waals surface area (Å²) in [5, 5.41) is 1.03. The maximum atomic E-state index is 13.5. The number of carbonyl (C=O) groups is 4. The van der Waals surface area contributed by atoms with Gasteiger partial charge < -0.3 is 0 Å². The van der Waals surface area contributed by atoms with Gasteiger partial charge in [0.2, 0.25) is 11.8 Å². The summed E-state index contributed by atoms with van der Waals surface area (Å²) in [4.78, 5) is 53.9. The van der Waals surface area contributed by atoms with E-state index in [1.807, 2.05) is 45.0 Å². The number of nitrogens with zero attached hydrogens (tertiary/aromatic N) is 2. The van der Waals surface area contributed by atoms with Crippen LogP contribution in [-0.4, -0.2) is 34.7 Å². The van der Waals surface area contributed by atoms with Gasteiger partial charge in [-0.2, -0.15) is 0 Å². The number of nitrogens with one attached hydrogen (secondary N) is 1. The molecule has 1 N–H and O–H groups in total. The van der Waals surface area contributed by atoms with E-state index >= 15 is 0 Å². The quantitative estimate of drug-likeness (QED) is 0.456. The second-order valence-electron chi connectivity index (χ2n) is 8.87. The first-order valence-electron chi connectivity index (χ1n) is 11.4. The van der Waals surface area contributed by atoms with Gasteiger partial charge in [-0.3, -0.25) is 24.6 Å². The van der Waals surface area contributed by atoms with E-state index in [-0.39, 0.29) is 12.8 Å². The van der Waals surface area contributed by atoms with E-state index in [0.717, 1.165) is 32.2 Å². The molecule has 3 aromatic rings. The summed E-state index contributed by atoms with van der Waals surface area (Å²) in [6, 6.07) is 20.2. The average molecular weight is 470 g/mol. The van der Waals surface area contributed by atoms with E-state index in [9.17, 15) is 19.2 Å². The number of benzene rings is 3. The number of imide groups is 1. The molecule has 1 heterocycles. The summed E-state index contributed by atoms with van der Waals surface area (Å²) >= 11 is 0. The van der Waals surface area contributed by atoms with Gasteiger partial charge in [-0.15, -0.1) is 0 Å². The first-order chi connectivity index (χ1) is 16.7. The van der Waals surface area contributed by atoms with Crippen molar-refractivity contribution in [1.82, 2.24) is 10.4 Å². The number of hydrazine groups is 1. The molecule has 0 saturated carbocycles. The van der Waals surface area contributed by atoms with Crippen molar-refractivity contribution in [3.63, 3.8) is 0 Å². The molecule has 4 rings (SSSR count). The number of carbonyl (C=O) groups excluding carboxylic acids is 4. The Kier molecular flexibility index (Phi) is 6.78. The minimum Gasteiger partial charge on any atom is -0.274 e. The third-order valence-corrected chi connectivity index (χ3v) is 5.90. The Bertz CT molecular complexity index is 1270. The molecule has 1 saturated heterocycles. The third kappa shape index (κ3) is 5.30. The molecule has 1 aliphatic heterocycles. The molecule has 0 aliphatic carbocycles. The van der Waals surface area contributed by atoms with Gasteiger partial charge in [0.15, 0.2) is 0 Å². The largest absolute Gasteiger partial charge is 0.274 e. The van der Waals surface area contributed by atoms with E-state index in [1.165, 1.54) is 0 Å². The topological polar surface area (TPSA) is 86.8 Å². The number of aryl methyl sites for hydroxylation is 3. The second-order valence-corrected chi connectivity index (χ2v) is 8.87. The van der Waals surface area contributed by atoms with Crippen LogP contribution in [0.5, 0.6) is 0 Å². The van der Waals surface area contributed by atoms with Crippen LogP contribution in [0.4, 0.5) is 5.69 Å². The first kappa shape index (κ1) is 23.9. The van der Waals surface area contributed by atoms with Crippen LogP contribution >= 0.6 is 0 Å². The van der Waals surface area contributed by atoms with Crippen molar-refractivity contribution in [3.8, 4) is 0 Å². The molecule has 1 fully saturated rings. The lowest BCUT2D eigenvalue weighted by Gasteiger charge is -2.28. The van der Waals surface area contributed by atoms with Gasteiger partial charge in [-0.25, -0.2) is 9.91 Å². The van der Waals surface area contributed by atoms with Crippen LogP contribution in [0.1, 0.15) is 39.0 Å². The highest BCUT2D eigenvalue weighted by Crippen LogP contribution is 2.27. The lowest BCUT2D eigenvalue weighted by molar-refractivity contribution is -0.140. The third-order valence-electron chi connectivity index (χ3n) is 5.90. The fourth-order valence-corrected chi connectivity index (χ4v) is 4.22. The Labute approximate surface area is 204 Å². The number of hydrogen-bond donors (Lipinski definition) is 1. The van der Waals surface area contributed by atoms with E-state index in [1.54, 1.807) is 48.5 Å². The van der Waals surface area contributed by atoms with Crippen LogP contribution in [0.3, 0.4) is 0 Å². The SMILES string of the molecule is Cc1ccc(C(=O)NN(C(=O)Cc2ccccc2)C2CC(=O)N(c3cc(C)cc(C)c3)C2=O)cc1. The maximum absolute atomic E-state index is 13.5. The Balaban J connectivity index is 1.64. The average Bonchev–Trinajstić information content (AvgIpc) is 3.11. The van der Waals surface area contributed by atoms with Gasteiger partial charge >= 0.3 is 0 Å². The van der Waals surface area contributed by atoms with Crippen LogP contribution in [0.2, 0.25) is 0 Å². The molecule has 35 heavy (non-hydrogen) atoms. The Morgan fingerprint density at radius 1 is 0.886 bits per heavy atom. The Hall–Kier alpha value is -4.26. The molecule has 0 bridgehead atoms. The highest BCUT2D eigenvalue weighted by atomic mass is 16.2. The normalized spacial score (nSPS) is 15.3. The standard InChI is InChI=1S/C28H27N3O4/c1-18-9-11-22(12-10-18)27(34)29-31(26(33)16-21-7-5-4-6-8-21)24-17-25(32)30(28(24)35)23-14-19(2)13-20(3)15-23/h4-15,24H,16-17H2,1-3H3,(H,29,34). The van der Waals surface area contributed by atoms with Crippen LogP contribution in [0.15, 0.2) is 72.8 Å². The van der Waals surface area contributed by atoms with Gasteiger partial charge in [-0.05, 0) is 61.7 Å². The van der Waals surface area contributed by atoms with Gasteiger partial charge in [0.1, 0.15) is 6.04 Å². The zero-order valence-electron chi connectivity index (χ0n) is 19.9. The van der Waals surface area contributed by atoms with E-state index in [2.05, 4.69) is 5.43 Å². The lowest BCUT2D eigenvalue weighted by Crippen LogP contribution is -2.55. The predicted molar refractivity (Wildman–Crippen MR) is 132 cm³/mol. The van der Waals surface area contributed by atoms with Crippen LogP contribution in [0, 0.1) is 20.8 Å². The minimum atomic E-state index is -1.14. The smallest absolute Gasteiger partial charge is 0.269 e. The van der Waals surface area contributed by atoms with Gasteiger partial charge in [-0.1, -0.05) is 54.1 Å². The zero-order chi connectivity index (χ0) is 25.1. The van der Waals surface area contributed by atoms with Crippen molar-refractivity contribution >= 4 is 29.3 Å². The number of amides is 4. The number of rotatable bonds is 5. The summed E-state index contributed by atoms with van der Waals surface area (Å²) in [6.07, 6.45) is -0.253. The van der Waals surface area contributed by atoms with Crippen molar-refractivity contribution in [2.45, 2.75) is 39.7 Å². The molecule has 178 valence electrons. The molecule has 7 heteroatoms. The lowest BCUT2D eigenvalue weighted by atomic mass is 10.1. The predicted octanol–water partition coefficient (Wildman–Crippen LogP) is 3.66. The molecule has 0 radical (unpaired) electrons. The molecule has 4 amide bonds. The first-order valence-corrected chi connectivity index (χ1v) is 11.4. The van der Waals surface area contributed by atoms with Crippen molar-refractivity contribution < 1.29 is 19.2 Å². The molecule has 3 aromatic carbocycles. The van der Waals surface area contributed by atoms with E-state index in [0.29, 0.717) is 11.3 Å². The summed E-state index contributed by atoms with van der Waals surface area (Å²) in [6.45, 7) is 5.68. The zero-order valence-corrected chi connectivity index (χ0v) is 19.9. The number of hydrogen-bond acceptors (Lipinski definition) is 4. The van der Waals surface area contributed by atoms with Crippen molar-refractivity contribution in [1.29, 1.82) is 0 Å². The highest BCUT2D eigenvalue weighted by Gasteiger charge is 2.45. The molecular weight excluding hydrogens is 442 g/mol. The second kappa shape index (κ2) is 9.93.